The predicted octanol–water partition coefficient (Wildman–Crippen LogP) is 1.66. The summed E-state index contributed by atoms with van der Waals surface area (Å²) in [5.74, 6) is -0.759. The van der Waals surface area contributed by atoms with Crippen molar-refractivity contribution < 1.29 is 9.90 Å². The van der Waals surface area contributed by atoms with Gasteiger partial charge >= 0.3 is 5.97 Å². The van der Waals surface area contributed by atoms with Crippen molar-refractivity contribution in [1.82, 2.24) is 9.97 Å². The van der Waals surface area contributed by atoms with Crippen LogP contribution in [0.2, 0.25) is 0 Å². The molecule has 6 heteroatoms. The Morgan fingerprint density at radius 2 is 2.26 bits per heavy atom. The lowest BCUT2D eigenvalue weighted by molar-refractivity contribution is -0.138. The van der Waals surface area contributed by atoms with Gasteiger partial charge in [0.1, 0.15) is 10.7 Å². The maximum atomic E-state index is 12.2. The van der Waals surface area contributed by atoms with Crippen LogP contribution in [0.15, 0.2) is 4.79 Å². The lowest BCUT2D eigenvalue weighted by Gasteiger charge is -1.99. The SMILES string of the molecule is O=C(O)[C@H]1C[C@H]1c1nc2sc3c(c2c(=O)[nH]1)CCC3. The van der Waals surface area contributed by atoms with Gasteiger partial charge in [0.2, 0.25) is 0 Å². The molecular formula is C13H12N2O3S. The fourth-order valence-electron chi connectivity index (χ4n) is 2.96. The number of nitrogens with one attached hydrogen (secondary N) is 1. The number of carboxylic acid groups (broad SMARTS) is 1. The summed E-state index contributed by atoms with van der Waals surface area (Å²) in [6, 6.07) is 0. The Balaban J connectivity index is 1.84. The van der Waals surface area contributed by atoms with Crippen molar-refractivity contribution in [3.63, 3.8) is 0 Å². The average Bonchev–Trinajstić information content (AvgIpc) is 2.91. The summed E-state index contributed by atoms with van der Waals surface area (Å²) >= 11 is 1.59. The smallest absolute Gasteiger partial charge is 0.307 e. The summed E-state index contributed by atoms with van der Waals surface area (Å²) in [7, 11) is 0. The molecule has 0 spiro atoms. The van der Waals surface area contributed by atoms with Gasteiger partial charge in [0, 0.05) is 10.8 Å². The highest BCUT2D eigenvalue weighted by atomic mass is 32.1. The molecule has 19 heavy (non-hydrogen) atoms. The van der Waals surface area contributed by atoms with E-state index < -0.39 is 5.97 Å². The van der Waals surface area contributed by atoms with Crippen LogP contribution in [0.3, 0.4) is 0 Å². The van der Waals surface area contributed by atoms with Gasteiger partial charge in [-0.3, -0.25) is 9.59 Å². The monoisotopic (exact) mass is 276 g/mol. The van der Waals surface area contributed by atoms with Gasteiger partial charge in [0.15, 0.2) is 0 Å². The van der Waals surface area contributed by atoms with E-state index in [0.29, 0.717) is 12.2 Å². The van der Waals surface area contributed by atoms with E-state index in [0.717, 1.165) is 35.0 Å². The van der Waals surface area contributed by atoms with Gasteiger partial charge in [-0.1, -0.05) is 0 Å². The molecule has 2 atom stereocenters. The summed E-state index contributed by atoms with van der Waals surface area (Å²) in [5.41, 5.74) is 1.06. The zero-order chi connectivity index (χ0) is 13.1. The number of fused-ring (bicyclic) bond motifs is 3. The lowest BCUT2D eigenvalue weighted by atomic mass is 10.2. The minimum Gasteiger partial charge on any atom is -0.481 e. The number of nitrogens with zero attached hydrogens (tertiary/aromatic N) is 1. The molecule has 0 aromatic carbocycles. The maximum absolute atomic E-state index is 12.2. The van der Waals surface area contributed by atoms with E-state index in [9.17, 15) is 9.59 Å². The molecule has 2 aromatic rings. The number of aliphatic carboxylic acids is 1. The number of carboxylic acids is 1. The van der Waals surface area contributed by atoms with E-state index in [1.165, 1.54) is 4.88 Å². The van der Waals surface area contributed by atoms with E-state index in [1.807, 2.05) is 0 Å². The quantitative estimate of drug-likeness (QED) is 0.874. The third kappa shape index (κ3) is 1.56. The molecule has 4 rings (SSSR count). The third-order valence-electron chi connectivity index (χ3n) is 4.05. The Labute approximate surface area is 112 Å². The standard InChI is InChI=1S/C13H12N2O3S/c16-11-9-5-2-1-3-8(5)19-12(9)15-10(14-11)6-4-7(6)13(17)18/h6-7H,1-4H2,(H,17,18)(H,14,15,16)/t6-,7+/m1/s1. The van der Waals surface area contributed by atoms with Crippen LogP contribution < -0.4 is 5.56 Å². The summed E-state index contributed by atoms with van der Waals surface area (Å²) < 4.78 is 0. The lowest BCUT2D eigenvalue weighted by Crippen LogP contribution is -2.12. The molecule has 0 aliphatic heterocycles. The molecule has 0 radical (unpaired) electrons. The van der Waals surface area contributed by atoms with Crippen LogP contribution in [0.5, 0.6) is 0 Å². The molecule has 0 saturated heterocycles. The first-order valence-corrected chi connectivity index (χ1v) is 7.24. The number of aromatic nitrogens is 2. The van der Waals surface area contributed by atoms with Crippen molar-refractivity contribution in [2.45, 2.75) is 31.6 Å². The molecule has 1 saturated carbocycles. The number of aromatic amines is 1. The molecule has 2 aliphatic carbocycles. The zero-order valence-corrected chi connectivity index (χ0v) is 10.9. The summed E-state index contributed by atoms with van der Waals surface area (Å²) in [4.78, 5) is 32.4. The summed E-state index contributed by atoms with van der Waals surface area (Å²) in [6.45, 7) is 0. The van der Waals surface area contributed by atoms with E-state index in [1.54, 1.807) is 11.3 Å². The van der Waals surface area contributed by atoms with E-state index in [4.69, 9.17) is 5.11 Å². The van der Waals surface area contributed by atoms with Crippen molar-refractivity contribution >= 4 is 27.5 Å². The van der Waals surface area contributed by atoms with Crippen molar-refractivity contribution in [3.05, 3.63) is 26.6 Å². The minimum absolute atomic E-state index is 0.101. The number of carbonyl (C=O) groups is 1. The summed E-state index contributed by atoms with van der Waals surface area (Å²) in [6.07, 6.45) is 3.68. The molecular weight excluding hydrogens is 264 g/mol. The Hall–Kier alpha value is -1.69. The normalized spacial score (nSPS) is 24.6. The number of hydrogen-bond acceptors (Lipinski definition) is 4. The second-order valence-electron chi connectivity index (χ2n) is 5.28. The van der Waals surface area contributed by atoms with Gasteiger partial charge in [0.25, 0.3) is 5.56 Å². The number of aryl methyl sites for hydroxylation is 2. The molecule has 0 unspecified atom stereocenters. The van der Waals surface area contributed by atoms with Gasteiger partial charge in [-0.25, -0.2) is 4.98 Å². The molecule has 0 bridgehead atoms. The highest BCUT2D eigenvalue weighted by Gasteiger charge is 2.46. The second-order valence-corrected chi connectivity index (χ2v) is 6.36. The van der Waals surface area contributed by atoms with Crippen LogP contribution in [0, 0.1) is 5.92 Å². The third-order valence-corrected chi connectivity index (χ3v) is 5.24. The van der Waals surface area contributed by atoms with Crippen LogP contribution in [-0.2, 0) is 17.6 Å². The van der Waals surface area contributed by atoms with Crippen molar-refractivity contribution in [1.29, 1.82) is 0 Å². The number of hydrogen-bond donors (Lipinski definition) is 2. The van der Waals surface area contributed by atoms with Gasteiger partial charge in [-0.2, -0.15) is 0 Å². The highest BCUT2D eigenvalue weighted by Crippen LogP contribution is 2.46. The molecule has 2 aliphatic rings. The summed E-state index contributed by atoms with van der Waals surface area (Å²) in [5, 5.41) is 9.68. The topological polar surface area (TPSA) is 83.0 Å². The number of rotatable bonds is 2. The number of H-pyrrole nitrogens is 1. The van der Waals surface area contributed by atoms with E-state index in [2.05, 4.69) is 9.97 Å². The first-order chi connectivity index (χ1) is 9.15. The van der Waals surface area contributed by atoms with Crippen LogP contribution in [0.1, 0.15) is 35.0 Å². The van der Waals surface area contributed by atoms with Crippen molar-refractivity contribution in [3.8, 4) is 0 Å². The van der Waals surface area contributed by atoms with Crippen molar-refractivity contribution in [2.75, 3.05) is 0 Å². The van der Waals surface area contributed by atoms with E-state index >= 15 is 0 Å². The van der Waals surface area contributed by atoms with Crippen LogP contribution in [0.25, 0.3) is 10.2 Å². The minimum atomic E-state index is -0.804. The van der Waals surface area contributed by atoms with Crippen LogP contribution in [-0.4, -0.2) is 21.0 Å². The molecule has 2 N–H and O–H groups in total. The Bertz CT molecular complexity index is 761. The maximum Gasteiger partial charge on any atom is 0.307 e. The van der Waals surface area contributed by atoms with E-state index in [-0.39, 0.29) is 17.4 Å². The molecule has 0 amide bonds. The molecule has 2 aromatic heterocycles. The largest absolute Gasteiger partial charge is 0.481 e. The Morgan fingerprint density at radius 1 is 1.42 bits per heavy atom. The van der Waals surface area contributed by atoms with Gasteiger partial charge < -0.3 is 10.1 Å². The predicted molar refractivity (Wildman–Crippen MR) is 70.7 cm³/mol. The van der Waals surface area contributed by atoms with Crippen LogP contribution in [0.4, 0.5) is 0 Å². The molecule has 5 nitrogen and oxygen atoms in total. The average molecular weight is 276 g/mol. The fraction of sp³-hybridized carbons (Fsp3) is 0.462. The highest BCUT2D eigenvalue weighted by molar-refractivity contribution is 7.18. The first-order valence-electron chi connectivity index (χ1n) is 6.42. The zero-order valence-electron chi connectivity index (χ0n) is 10.1. The van der Waals surface area contributed by atoms with Crippen molar-refractivity contribution in [2.24, 2.45) is 5.92 Å². The number of thiophene rings is 1. The van der Waals surface area contributed by atoms with Gasteiger partial charge in [0.05, 0.1) is 11.3 Å². The first kappa shape index (κ1) is 11.2. The molecule has 1 fully saturated rings. The Morgan fingerprint density at radius 3 is 3.00 bits per heavy atom. The molecule has 98 valence electrons. The van der Waals surface area contributed by atoms with Gasteiger partial charge in [-0.05, 0) is 31.2 Å². The molecule has 2 heterocycles. The van der Waals surface area contributed by atoms with Crippen LogP contribution >= 0.6 is 11.3 Å². The van der Waals surface area contributed by atoms with Gasteiger partial charge in [-0.15, -0.1) is 11.3 Å². The fourth-order valence-corrected chi connectivity index (χ4v) is 4.23. The second kappa shape index (κ2) is 3.66. The Kier molecular flexibility index (Phi) is 2.15.